The highest BCUT2D eigenvalue weighted by molar-refractivity contribution is 5.91. The molecule has 0 spiro atoms. The first-order valence-corrected chi connectivity index (χ1v) is 7.04. The van der Waals surface area contributed by atoms with Crippen LogP contribution in [0.5, 0.6) is 0 Å². The minimum Gasteiger partial charge on any atom is -0.452 e. The fourth-order valence-corrected chi connectivity index (χ4v) is 2.32. The molecular weight excluding hydrogens is 256 g/mol. The van der Waals surface area contributed by atoms with Gasteiger partial charge in [0, 0.05) is 17.9 Å². The van der Waals surface area contributed by atoms with Crippen LogP contribution in [0.4, 0.5) is 0 Å². The van der Waals surface area contributed by atoms with Gasteiger partial charge in [0.2, 0.25) is 0 Å². The van der Waals surface area contributed by atoms with Crippen LogP contribution in [0.15, 0.2) is 18.3 Å². The molecule has 2 rings (SSSR count). The van der Waals surface area contributed by atoms with Crippen molar-refractivity contribution in [2.75, 3.05) is 6.61 Å². The van der Waals surface area contributed by atoms with E-state index in [0.717, 1.165) is 31.4 Å². The lowest BCUT2D eigenvalue weighted by Crippen LogP contribution is -2.38. The molecule has 1 aliphatic carbocycles. The van der Waals surface area contributed by atoms with Gasteiger partial charge in [0.1, 0.15) is 0 Å². The van der Waals surface area contributed by atoms with E-state index in [0.29, 0.717) is 5.56 Å². The van der Waals surface area contributed by atoms with Gasteiger partial charge in [-0.3, -0.25) is 9.78 Å². The third kappa shape index (κ3) is 4.33. The van der Waals surface area contributed by atoms with Gasteiger partial charge in [0.05, 0.1) is 5.56 Å². The van der Waals surface area contributed by atoms with Gasteiger partial charge in [-0.25, -0.2) is 4.79 Å². The zero-order valence-corrected chi connectivity index (χ0v) is 11.7. The molecule has 0 atom stereocenters. The third-order valence-corrected chi connectivity index (χ3v) is 3.45. The van der Waals surface area contributed by atoms with Crippen LogP contribution in [-0.2, 0) is 9.53 Å². The van der Waals surface area contributed by atoms with Crippen LogP contribution in [0.2, 0.25) is 0 Å². The SMILES string of the molecule is Cc1ccc(C(=O)OCC(=O)NC2CCCCC2)cn1. The second-order valence-electron chi connectivity index (χ2n) is 5.17. The van der Waals surface area contributed by atoms with Crippen molar-refractivity contribution in [1.82, 2.24) is 10.3 Å². The highest BCUT2D eigenvalue weighted by Crippen LogP contribution is 2.17. The Kier molecular flexibility index (Phi) is 5.09. The minimum absolute atomic E-state index is 0.231. The molecule has 1 saturated carbocycles. The van der Waals surface area contributed by atoms with Gasteiger partial charge in [-0.2, -0.15) is 0 Å². The monoisotopic (exact) mass is 276 g/mol. The molecule has 0 unspecified atom stereocenters. The number of ether oxygens (including phenoxy) is 1. The maximum Gasteiger partial charge on any atom is 0.340 e. The number of nitrogens with one attached hydrogen (secondary N) is 1. The normalized spacial score (nSPS) is 15.7. The van der Waals surface area contributed by atoms with E-state index in [4.69, 9.17) is 4.74 Å². The number of amides is 1. The first-order valence-electron chi connectivity index (χ1n) is 7.04. The number of esters is 1. The molecule has 5 heteroatoms. The molecule has 1 fully saturated rings. The highest BCUT2D eigenvalue weighted by Gasteiger charge is 2.17. The summed E-state index contributed by atoms with van der Waals surface area (Å²) in [6.45, 7) is 1.61. The zero-order valence-electron chi connectivity index (χ0n) is 11.7. The first-order chi connectivity index (χ1) is 9.65. The maximum atomic E-state index is 11.7. The molecule has 0 radical (unpaired) electrons. The molecule has 1 N–H and O–H groups in total. The summed E-state index contributed by atoms with van der Waals surface area (Å²) in [5.74, 6) is -0.749. The molecule has 108 valence electrons. The molecule has 1 aliphatic rings. The van der Waals surface area contributed by atoms with Gasteiger partial charge in [0.25, 0.3) is 5.91 Å². The molecule has 1 heterocycles. The van der Waals surface area contributed by atoms with Crippen molar-refractivity contribution in [1.29, 1.82) is 0 Å². The van der Waals surface area contributed by atoms with E-state index in [-0.39, 0.29) is 18.6 Å². The standard InChI is InChI=1S/C15H20N2O3/c1-11-7-8-12(9-16-11)15(19)20-10-14(18)17-13-5-3-2-4-6-13/h7-9,13H,2-6,10H2,1H3,(H,17,18). The van der Waals surface area contributed by atoms with Crippen LogP contribution in [0.25, 0.3) is 0 Å². The van der Waals surface area contributed by atoms with Crippen molar-refractivity contribution in [2.45, 2.75) is 45.1 Å². The summed E-state index contributed by atoms with van der Waals surface area (Å²) in [6.07, 6.45) is 7.03. The third-order valence-electron chi connectivity index (χ3n) is 3.45. The molecule has 0 aliphatic heterocycles. The van der Waals surface area contributed by atoms with E-state index in [9.17, 15) is 9.59 Å². The summed E-state index contributed by atoms with van der Waals surface area (Å²) in [7, 11) is 0. The van der Waals surface area contributed by atoms with Gasteiger partial charge in [-0.15, -0.1) is 0 Å². The highest BCUT2D eigenvalue weighted by atomic mass is 16.5. The summed E-state index contributed by atoms with van der Waals surface area (Å²) >= 11 is 0. The molecule has 0 saturated heterocycles. The molecule has 1 aromatic heterocycles. The number of hydrogen-bond acceptors (Lipinski definition) is 4. The molecule has 5 nitrogen and oxygen atoms in total. The van der Waals surface area contributed by atoms with E-state index >= 15 is 0 Å². The summed E-state index contributed by atoms with van der Waals surface area (Å²) in [5.41, 5.74) is 1.19. The van der Waals surface area contributed by atoms with Gasteiger partial charge in [-0.1, -0.05) is 19.3 Å². The summed E-state index contributed by atoms with van der Waals surface area (Å²) in [5, 5.41) is 2.90. The Bertz CT molecular complexity index is 465. The molecule has 20 heavy (non-hydrogen) atoms. The van der Waals surface area contributed by atoms with Crippen molar-refractivity contribution in [3.63, 3.8) is 0 Å². The van der Waals surface area contributed by atoms with Crippen molar-refractivity contribution in [2.24, 2.45) is 0 Å². The Morgan fingerprint density at radius 1 is 1.30 bits per heavy atom. The molecule has 1 aromatic rings. The van der Waals surface area contributed by atoms with E-state index in [1.165, 1.54) is 12.6 Å². The van der Waals surface area contributed by atoms with Gasteiger partial charge >= 0.3 is 5.97 Å². The number of carbonyl (C=O) groups excluding carboxylic acids is 2. The minimum atomic E-state index is -0.517. The fourth-order valence-electron chi connectivity index (χ4n) is 2.32. The van der Waals surface area contributed by atoms with Crippen LogP contribution in [0.1, 0.15) is 48.2 Å². The largest absolute Gasteiger partial charge is 0.452 e. The lowest BCUT2D eigenvalue weighted by Gasteiger charge is -2.22. The van der Waals surface area contributed by atoms with Crippen LogP contribution >= 0.6 is 0 Å². The number of aromatic nitrogens is 1. The second-order valence-corrected chi connectivity index (χ2v) is 5.17. The van der Waals surface area contributed by atoms with Crippen molar-refractivity contribution in [3.05, 3.63) is 29.6 Å². The number of rotatable bonds is 4. The lowest BCUT2D eigenvalue weighted by atomic mass is 9.95. The topological polar surface area (TPSA) is 68.3 Å². The van der Waals surface area contributed by atoms with Gasteiger partial charge in [-0.05, 0) is 31.9 Å². The quantitative estimate of drug-likeness (QED) is 0.854. The van der Waals surface area contributed by atoms with Crippen LogP contribution in [0.3, 0.4) is 0 Å². The Balaban J connectivity index is 1.75. The molecule has 1 amide bonds. The Morgan fingerprint density at radius 2 is 2.05 bits per heavy atom. The molecule has 0 aromatic carbocycles. The van der Waals surface area contributed by atoms with Crippen LogP contribution < -0.4 is 5.32 Å². The van der Waals surface area contributed by atoms with Gasteiger partial charge in [0.15, 0.2) is 6.61 Å². The predicted octanol–water partition coefficient (Wildman–Crippen LogP) is 2.00. The maximum absolute atomic E-state index is 11.7. The second kappa shape index (κ2) is 7.03. The van der Waals surface area contributed by atoms with Gasteiger partial charge < -0.3 is 10.1 Å². The first kappa shape index (κ1) is 14.5. The Hall–Kier alpha value is -1.91. The zero-order chi connectivity index (χ0) is 14.4. The van der Waals surface area contributed by atoms with Crippen LogP contribution in [-0.4, -0.2) is 29.5 Å². The fraction of sp³-hybridized carbons (Fsp3) is 0.533. The van der Waals surface area contributed by atoms with Crippen molar-refractivity contribution >= 4 is 11.9 Å². The Morgan fingerprint density at radius 3 is 2.70 bits per heavy atom. The lowest BCUT2D eigenvalue weighted by molar-refractivity contribution is -0.125. The number of hydrogen-bond donors (Lipinski definition) is 1. The van der Waals surface area contributed by atoms with E-state index in [2.05, 4.69) is 10.3 Å². The summed E-state index contributed by atoms with van der Waals surface area (Å²) < 4.78 is 4.98. The molecular formula is C15H20N2O3. The van der Waals surface area contributed by atoms with Crippen molar-refractivity contribution < 1.29 is 14.3 Å². The number of nitrogens with zero attached hydrogens (tertiary/aromatic N) is 1. The van der Waals surface area contributed by atoms with E-state index in [1.807, 2.05) is 6.92 Å². The predicted molar refractivity (Wildman–Crippen MR) is 74.3 cm³/mol. The van der Waals surface area contributed by atoms with Crippen LogP contribution in [0, 0.1) is 6.92 Å². The Labute approximate surface area is 118 Å². The summed E-state index contributed by atoms with van der Waals surface area (Å²) in [4.78, 5) is 27.4. The van der Waals surface area contributed by atoms with E-state index < -0.39 is 5.97 Å². The average Bonchev–Trinajstić information content (AvgIpc) is 2.46. The average molecular weight is 276 g/mol. The smallest absolute Gasteiger partial charge is 0.340 e. The molecule has 0 bridgehead atoms. The van der Waals surface area contributed by atoms with E-state index in [1.54, 1.807) is 12.1 Å². The summed E-state index contributed by atoms with van der Waals surface area (Å²) in [6, 6.07) is 3.61. The number of aryl methyl sites for hydroxylation is 1. The van der Waals surface area contributed by atoms with Crippen molar-refractivity contribution in [3.8, 4) is 0 Å². The number of pyridine rings is 1. The number of carbonyl (C=O) groups is 2.